The van der Waals surface area contributed by atoms with Crippen LogP contribution in [0.1, 0.15) is 12.0 Å². The van der Waals surface area contributed by atoms with Crippen LogP contribution in [0, 0.1) is 0 Å². The Morgan fingerprint density at radius 3 is 2.33 bits per heavy atom. The number of ether oxygens (including phenoxy) is 2. The van der Waals surface area contributed by atoms with Crippen LogP contribution in [0.2, 0.25) is 0 Å². The standard InChI is InChI=1S/C16H20O2/c1-13(5-7-14(2)17-3)6-8-15-9-11-16(18-4)12-10-15/h5,7,9-12H,1-2,6,8H2,3-4H3. The van der Waals surface area contributed by atoms with Crippen LogP contribution < -0.4 is 4.74 Å². The molecule has 2 heteroatoms. The molecule has 0 bridgehead atoms. The lowest BCUT2D eigenvalue weighted by Gasteiger charge is -2.04. The lowest BCUT2D eigenvalue weighted by molar-refractivity contribution is 0.309. The summed E-state index contributed by atoms with van der Waals surface area (Å²) in [6.45, 7) is 7.72. The molecule has 1 rings (SSSR count). The second-order valence-corrected chi connectivity index (χ2v) is 4.01. The quantitative estimate of drug-likeness (QED) is 0.535. The highest BCUT2D eigenvalue weighted by molar-refractivity contribution is 5.28. The molecule has 0 aromatic heterocycles. The first-order valence-corrected chi connectivity index (χ1v) is 5.87. The number of allylic oxidation sites excluding steroid dienone is 3. The Morgan fingerprint density at radius 1 is 1.11 bits per heavy atom. The molecule has 0 atom stereocenters. The summed E-state index contributed by atoms with van der Waals surface area (Å²) in [7, 11) is 3.27. The van der Waals surface area contributed by atoms with E-state index in [-0.39, 0.29) is 0 Å². The predicted octanol–water partition coefficient (Wildman–Crippen LogP) is 3.90. The molecule has 0 fully saturated rings. The summed E-state index contributed by atoms with van der Waals surface area (Å²) in [5, 5.41) is 0. The van der Waals surface area contributed by atoms with Crippen molar-refractivity contribution in [2.75, 3.05) is 14.2 Å². The number of benzene rings is 1. The molecular formula is C16H20O2. The summed E-state index contributed by atoms with van der Waals surface area (Å²) < 4.78 is 10.1. The van der Waals surface area contributed by atoms with Gasteiger partial charge in [-0.3, -0.25) is 0 Å². The molecule has 0 saturated heterocycles. The Hall–Kier alpha value is -1.96. The first-order chi connectivity index (χ1) is 8.65. The van der Waals surface area contributed by atoms with Gasteiger partial charge in [-0.2, -0.15) is 0 Å². The van der Waals surface area contributed by atoms with Crippen LogP contribution >= 0.6 is 0 Å². The summed E-state index contributed by atoms with van der Waals surface area (Å²) in [5.74, 6) is 1.52. The molecule has 0 aliphatic carbocycles. The van der Waals surface area contributed by atoms with Gasteiger partial charge in [-0.1, -0.05) is 36.9 Å². The van der Waals surface area contributed by atoms with E-state index in [1.54, 1.807) is 14.2 Å². The highest BCUT2D eigenvalue weighted by Gasteiger charge is 1.96. The van der Waals surface area contributed by atoms with E-state index in [2.05, 4.69) is 25.3 Å². The van der Waals surface area contributed by atoms with Gasteiger partial charge in [0.05, 0.1) is 14.2 Å². The largest absolute Gasteiger partial charge is 0.497 e. The van der Waals surface area contributed by atoms with Crippen molar-refractivity contribution in [2.24, 2.45) is 0 Å². The van der Waals surface area contributed by atoms with E-state index in [1.807, 2.05) is 24.3 Å². The van der Waals surface area contributed by atoms with Crippen molar-refractivity contribution >= 4 is 0 Å². The van der Waals surface area contributed by atoms with Gasteiger partial charge in [0.2, 0.25) is 0 Å². The lowest BCUT2D eigenvalue weighted by Crippen LogP contribution is -1.88. The van der Waals surface area contributed by atoms with Crippen LogP contribution in [0.3, 0.4) is 0 Å². The molecule has 18 heavy (non-hydrogen) atoms. The van der Waals surface area contributed by atoms with Crippen LogP contribution in [-0.4, -0.2) is 14.2 Å². The maximum atomic E-state index is 5.12. The Labute approximate surface area is 109 Å². The van der Waals surface area contributed by atoms with Gasteiger partial charge < -0.3 is 9.47 Å². The van der Waals surface area contributed by atoms with E-state index < -0.39 is 0 Å². The van der Waals surface area contributed by atoms with Crippen molar-refractivity contribution in [1.29, 1.82) is 0 Å². The molecule has 2 nitrogen and oxygen atoms in total. The summed E-state index contributed by atoms with van der Waals surface area (Å²) >= 11 is 0. The van der Waals surface area contributed by atoms with Crippen molar-refractivity contribution in [3.8, 4) is 5.75 Å². The van der Waals surface area contributed by atoms with E-state index in [0.29, 0.717) is 5.76 Å². The molecule has 0 saturated carbocycles. The number of hydrogen-bond donors (Lipinski definition) is 0. The maximum absolute atomic E-state index is 5.12. The molecule has 0 unspecified atom stereocenters. The van der Waals surface area contributed by atoms with Crippen LogP contribution in [0.15, 0.2) is 60.9 Å². The van der Waals surface area contributed by atoms with Crippen molar-refractivity contribution in [3.63, 3.8) is 0 Å². The van der Waals surface area contributed by atoms with Crippen LogP contribution in [0.5, 0.6) is 5.75 Å². The summed E-state index contributed by atoms with van der Waals surface area (Å²) in [6, 6.07) is 8.09. The summed E-state index contributed by atoms with van der Waals surface area (Å²) in [4.78, 5) is 0. The molecule has 96 valence electrons. The number of methoxy groups -OCH3 is 2. The summed E-state index contributed by atoms with van der Waals surface area (Å²) in [5.41, 5.74) is 2.33. The zero-order valence-corrected chi connectivity index (χ0v) is 11.1. The van der Waals surface area contributed by atoms with Gasteiger partial charge in [0.25, 0.3) is 0 Å². The molecule has 0 N–H and O–H groups in total. The average Bonchev–Trinajstić information content (AvgIpc) is 2.42. The number of rotatable bonds is 7. The zero-order chi connectivity index (χ0) is 13.4. The van der Waals surface area contributed by atoms with Gasteiger partial charge in [-0.15, -0.1) is 0 Å². The monoisotopic (exact) mass is 244 g/mol. The third kappa shape index (κ3) is 4.91. The Balaban J connectivity index is 2.42. The molecule has 0 aliphatic heterocycles. The highest BCUT2D eigenvalue weighted by Crippen LogP contribution is 2.14. The average molecular weight is 244 g/mol. The van der Waals surface area contributed by atoms with E-state index in [0.717, 1.165) is 24.2 Å². The van der Waals surface area contributed by atoms with Crippen molar-refractivity contribution in [2.45, 2.75) is 12.8 Å². The summed E-state index contributed by atoms with van der Waals surface area (Å²) in [6.07, 6.45) is 5.65. The molecule has 0 radical (unpaired) electrons. The Bertz CT molecular complexity index is 427. The molecule has 0 spiro atoms. The van der Waals surface area contributed by atoms with Gasteiger partial charge in [0.1, 0.15) is 11.5 Å². The van der Waals surface area contributed by atoms with E-state index in [4.69, 9.17) is 9.47 Å². The van der Waals surface area contributed by atoms with Crippen molar-refractivity contribution in [3.05, 3.63) is 66.5 Å². The van der Waals surface area contributed by atoms with Gasteiger partial charge in [0.15, 0.2) is 0 Å². The van der Waals surface area contributed by atoms with Gasteiger partial charge in [-0.25, -0.2) is 0 Å². The maximum Gasteiger partial charge on any atom is 0.118 e. The molecule has 1 aromatic carbocycles. The van der Waals surface area contributed by atoms with Gasteiger partial charge in [-0.05, 0) is 36.6 Å². The number of aryl methyl sites for hydroxylation is 1. The van der Waals surface area contributed by atoms with Crippen molar-refractivity contribution in [1.82, 2.24) is 0 Å². The molecule has 0 amide bonds. The van der Waals surface area contributed by atoms with Crippen LogP contribution in [-0.2, 0) is 11.2 Å². The van der Waals surface area contributed by atoms with Gasteiger partial charge >= 0.3 is 0 Å². The number of hydrogen-bond acceptors (Lipinski definition) is 2. The van der Waals surface area contributed by atoms with E-state index >= 15 is 0 Å². The minimum Gasteiger partial charge on any atom is -0.497 e. The lowest BCUT2D eigenvalue weighted by atomic mass is 10.1. The van der Waals surface area contributed by atoms with Crippen molar-refractivity contribution < 1.29 is 9.47 Å². The Kier molecular flexibility index (Phi) is 5.78. The smallest absolute Gasteiger partial charge is 0.118 e. The normalized spacial score (nSPS) is 10.3. The minimum atomic E-state index is 0.639. The highest BCUT2D eigenvalue weighted by atomic mass is 16.5. The SMILES string of the molecule is C=C(C=CC(=C)OC)CCc1ccc(OC)cc1. The third-order valence-corrected chi connectivity index (χ3v) is 2.66. The molecule has 1 aromatic rings. The van der Waals surface area contributed by atoms with Crippen LogP contribution in [0.25, 0.3) is 0 Å². The fourth-order valence-corrected chi connectivity index (χ4v) is 1.46. The zero-order valence-electron chi connectivity index (χ0n) is 11.1. The fourth-order valence-electron chi connectivity index (χ4n) is 1.46. The topological polar surface area (TPSA) is 18.5 Å². The first kappa shape index (κ1) is 14.1. The molecule has 0 heterocycles. The molecule has 0 aliphatic rings. The minimum absolute atomic E-state index is 0.639. The Morgan fingerprint density at radius 2 is 1.78 bits per heavy atom. The van der Waals surface area contributed by atoms with E-state index in [9.17, 15) is 0 Å². The predicted molar refractivity (Wildman–Crippen MR) is 75.7 cm³/mol. The second kappa shape index (κ2) is 7.38. The fraction of sp³-hybridized carbons (Fsp3) is 0.250. The van der Waals surface area contributed by atoms with E-state index in [1.165, 1.54) is 5.56 Å². The third-order valence-electron chi connectivity index (χ3n) is 2.66. The second-order valence-electron chi connectivity index (χ2n) is 4.01. The van der Waals surface area contributed by atoms with Crippen LogP contribution in [0.4, 0.5) is 0 Å². The molecular weight excluding hydrogens is 224 g/mol. The van der Waals surface area contributed by atoms with Gasteiger partial charge in [0, 0.05) is 0 Å². The first-order valence-electron chi connectivity index (χ1n) is 5.87.